The van der Waals surface area contributed by atoms with Gasteiger partial charge in [-0.2, -0.15) is 5.10 Å². The highest BCUT2D eigenvalue weighted by atomic mass is 127. The topological polar surface area (TPSA) is 63.5 Å². The third kappa shape index (κ3) is 7.68. The summed E-state index contributed by atoms with van der Waals surface area (Å²) >= 11 is 0. The van der Waals surface area contributed by atoms with Crippen LogP contribution in [0.25, 0.3) is 0 Å². The van der Waals surface area contributed by atoms with E-state index in [-0.39, 0.29) is 24.0 Å². The van der Waals surface area contributed by atoms with E-state index in [9.17, 15) is 0 Å². The Bertz CT molecular complexity index is 381. The van der Waals surface area contributed by atoms with E-state index in [0.29, 0.717) is 0 Å². The summed E-state index contributed by atoms with van der Waals surface area (Å²) in [6, 6.07) is 1.99. The third-order valence-electron chi connectivity index (χ3n) is 2.90. The minimum Gasteiger partial charge on any atom is -0.385 e. The molecule has 0 unspecified atom stereocenters. The molecule has 0 saturated heterocycles. The highest BCUT2D eigenvalue weighted by Gasteiger charge is 2.00. The predicted molar refractivity (Wildman–Crippen MR) is 92.6 cm³/mol. The Balaban J connectivity index is 0.00000361. The fourth-order valence-corrected chi connectivity index (χ4v) is 1.72. The second-order valence-corrected chi connectivity index (χ2v) is 4.35. The number of hydrogen-bond acceptors (Lipinski definition) is 3. The molecule has 0 saturated carbocycles. The summed E-state index contributed by atoms with van der Waals surface area (Å²) in [5.74, 6) is 0.827. The maximum atomic E-state index is 5.02. The molecule has 0 spiro atoms. The van der Waals surface area contributed by atoms with Gasteiger partial charge in [0.2, 0.25) is 0 Å². The molecule has 1 aromatic heterocycles. The zero-order valence-corrected chi connectivity index (χ0v) is 14.9. The highest BCUT2D eigenvalue weighted by Crippen LogP contribution is 1.95. The number of ether oxygens (including phenoxy) is 1. The molecule has 0 aliphatic carbocycles. The van der Waals surface area contributed by atoms with Crippen LogP contribution in [0.2, 0.25) is 0 Å². The van der Waals surface area contributed by atoms with Crippen molar-refractivity contribution < 1.29 is 4.74 Å². The first kappa shape index (κ1) is 19.2. The molecule has 1 heterocycles. The van der Waals surface area contributed by atoms with Crippen LogP contribution in [0.3, 0.4) is 0 Å². The number of aliphatic imine (C=N–C) groups is 1. The van der Waals surface area contributed by atoms with Crippen molar-refractivity contribution in [3.05, 3.63) is 18.0 Å². The van der Waals surface area contributed by atoms with Gasteiger partial charge in [-0.15, -0.1) is 24.0 Å². The molecule has 0 fully saturated rings. The number of unbranched alkanes of at least 4 members (excludes halogenated alkanes) is 2. The molecule has 7 heteroatoms. The molecule has 0 bridgehead atoms. The van der Waals surface area contributed by atoms with Gasteiger partial charge in [0.05, 0.1) is 12.2 Å². The second kappa shape index (κ2) is 12.0. The molecule has 6 nitrogen and oxygen atoms in total. The lowest BCUT2D eigenvalue weighted by atomic mass is 10.2. The standard InChI is InChI=1S/C13H25N5O.HI/c1-14-13(15-8-5-4-6-10-19-3)16-11-12-7-9-17-18(12)2;/h7,9H,4-6,8,10-11H2,1-3H3,(H2,14,15,16);1H. The molecule has 1 aromatic rings. The lowest BCUT2D eigenvalue weighted by molar-refractivity contribution is 0.192. The lowest BCUT2D eigenvalue weighted by Crippen LogP contribution is -2.37. The van der Waals surface area contributed by atoms with Crippen molar-refractivity contribution in [1.29, 1.82) is 0 Å². The molecule has 0 aliphatic heterocycles. The van der Waals surface area contributed by atoms with Crippen molar-refractivity contribution in [1.82, 2.24) is 20.4 Å². The van der Waals surface area contributed by atoms with Crippen LogP contribution in [0, 0.1) is 0 Å². The summed E-state index contributed by atoms with van der Waals surface area (Å²) in [4.78, 5) is 4.19. The van der Waals surface area contributed by atoms with Crippen LogP contribution in [-0.4, -0.2) is 43.0 Å². The van der Waals surface area contributed by atoms with E-state index >= 15 is 0 Å². The van der Waals surface area contributed by atoms with Crippen molar-refractivity contribution in [3.63, 3.8) is 0 Å². The number of nitrogens with zero attached hydrogens (tertiary/aromatic N) is 3. The van der Waals surface area contributed by atoms with Crippen LogP contribution in [0.1, 0.15) is 25.0 Å². The van der Waals surface area contributed by atoms with E-state index in [1.165, 1.54) is 6.42 Å². The zero-order chi connectivity index (χ0) is 13.9. The molecule has 20 heavy (non-hydrogen) atoms. The monoisotopic (exact) mass is 395 g/mol. The minimum atomic E-state index is 0. The van der Waals surface area contributed by atoms with E-state index < -0.39 is 0 Å². The number of guanidine groups is 1. The summed E-state index contributed by atoms with van der Waals surface area (Å²) in [5, 5.41) is 10.7. The lowest BCUT2D eigenvalue weighted by Gasteiger charge is -2.11. The van der Waals surface area contributed by atoms with Crippen molar-refractivity contribution in [2.75, 3.05) is 27.3 Å². The van der Waals surface area contributed by atoms with Crippen molar-refractivity contribution in [2.45, 2.75) is 25.8 Å². The summed E-state index contributed by atoms with van der Waals surface area (Å²) < 4.78 is 6.87. The molecular formula is C13H26IN5O. The molecule has 0 amide bonds. The van der Waals surface area contributed by atoms with Gasteiger partial charge in [0.25, 0.3) is 0 Å². The van der Waals surface area contributed by atoms with Crippen LogP contribution in [0.4, 0.5) is 0 Å². The zero-order valence-electron chi connectivity index (χ0n) is 12.6. The van der Waals surface area contributed by atoms with E-state index in [0.717, 1.165) is 44.2 Å². The van der Waals surface area contributed by atoms with Gasteiger partial charge < -0.3 is 15.4 Å². The number of rotatable bonds is 8. The molecule has 2 N–H and O–H groups in total. The van der Waals surface area contributed by atoms with Gasteiger partial charge in [0, 0.05) is 40.6 Å². The molecule has 0 atom stereocenters. The average Bonchev–Trinajstić information content (AvgIpc) is 2.83. The van der Waals surface area contributed by atoms with E-state index in [2.05, 4.69) is 20.7 Å². The fourth-order valence-electron chi connectivity index (χ4n) is 1.72. The summed E-state index contributed by atoms with van der Waals surface area (Å²) in [7, 11) is 5.45. The summed E-state index contributed by atoms with van der Waals surface area (Å²) in [6.45, 7) is 2.49. The van der Waals surface area contributed by atoms with Gasteiger partial charge in [-0.3, -0.25) is 9.67 Å². The number of methoxy groups -OCH3 is 1. The van der Waals surface area contributed by atoms with Crippen molar-refractivity contribution >= 4 is 29.9 Å². The Kier molecular flexibility index (Phi) is 11.5. The minimum absolute atomic E-state index is 0. The van der Waals surface area contributed by atoms with Gasteiger partial charge in [-0.25, -0.2) is 0 Å². The van der Waals surface area contributed by atoms with Crippen LogP contribution in [0.5, 0.6) is 0 Å². The predicted octanol–water partition coefficient (Wildman–Crippen LogP) is 1.52. The Morgan fingerprint density at radius 3 is 2.75 bits per heavy atom. The van der Waals surface area contributed by atoms with Crippen molar-refractivity contribution in [2.24, 2.45) is 12.0 Å². The highest BCUT2D eigenvalue weighted by molar-refractivity contribution is 14.0. The fraction of sp³-hybridized carbons (Fsp3) is 0.692. The number of halogens is 1. The van der Waals surface area contributed by atoms with Gasteiger partial charge in [-0.05, 0) is 25.3 Å². The second-order valence-electron chi connectivity index (χ2n) is 4.35. The first-order chi connectivity index (χ1) is 9.27. The quantitative estimate of drug-likeness (QED) is 0.303. The first-order valence-corrected chi connectivity index (χ1v) is 6.68. The molecular weight excluding hydrogens is 369 g/mol. The molecule has 1 rings (SSSR count). The molecule has 0 aromatic carbocycles. The summed E-state index contributed by atoms with van der Waals surface area (Å²) in [6.07, 6.45) is 5.19. The Labute approximate surface area is 138 Å². The van der Waals surface area contributed by atoms with Gasteiger partial charge in [0.1, 0.15) is 0 Å². The largest absolute Gasteiger partial charge is 0.385 e. The van der Waals surface area contributed by atoms with E-state index in [1.807, 2.05) is 17.8 Å². The third-order valence-corrected chi connectivity index (χ3v) is 2.90. The summed E-state index contributed by atoms with van der Waals surface area (Å²) in [5.41, 5.74) is 1.13. The van der Waals surface area contributed by atoms with Crippen LogP contribution < -0.4 is 10.6 Å². The first-order valence-electron chi connectivity index (χ1n) is 6.68. The van der Waals surface area contributed by atoms with Crippen LogP contribution >= 0.6 is 24.0 Å². The molecule has 116 valence electrons. The Morgan fingerprint density at radius 2 is 2.15 bits per heavy atom. The molecule has 0 radical (unpaired) electrons. The van der Waals surface area contributed by atoms with Crippen LogP contribution in [0.15, 0.2) is 17.3 Å². The maximum absolute atomic E-state index is 5.02. The number of aryl methyl sites for hydroxylation is 1. The number of nitrogens with one attached hydrogen (secondary N) is 2. The Morgan fingerprint density at radius 1 is 1.35 bits per heavy atom. The SMILES string of the molecule is CN=C(NCCCCCOC)NCc1ccnn1C.I. The normalized spacial score (nSPS) is 11.1. The van der Waals surface area contributed by atoms with Gasteiger partial charge in [-0.1, -0.05) is 0 Å². The Hall–Kier alpha value is -0.830. The van der Waals surface area contributed by atoms with E-state index in [1.54, 1.807) is 20.4 Å². The smallest absolute Gasteiger partial charge is 0.191 e. The van der Waals surface area contributed by atoms with E-state index in [4.69, 9.17) is 4.74 Å². The average molecular weight is 395 g/mol. The molecule has 0 aliphatic rings. The number of hydrogen-bond donors (Lipinski definition) is 2. The van der Waals surface area contributed by atoms with Crippen molar-refractivity contribution in [3.8, 4) is 0 Å². The van der Waals surface area contributed by atoms with Gasteiger partial charge in [0.15, 0.2) is 5.96 Å². The number of aromatic nitrogens is 2. The van der Waals surface area contributed by atoms with Crippen LogP contribution in [-0.2, 0) is 18.3 Å². The van der Waals surface area contributed by atoms with Gasteiger partial charge >= 0.3 is 0 Å². The maximum Gasteiger partial charge on any atom is 0.191 e.